The Morgan fingerprint density at radius 1 is 0.903 bits per heavy atom. The first kappa shape index (κ1) is 27.0. The molecule has 0 unspecified atom stereocenters. The summed E-state index contributed by atoms with van der Waals surface area (Å²) in [6, 6.07) is 6.58. The van der Waals surface area contributed by atoms with Gasteiger partial charge in [0.05, 0.1) is 12.6 Å². The SMILES string of the molecule is CCCCC/C=C\C/C=C\CCCCCCCC(=O)N[C@H](CO)Cc1ccc(O)cc1. The van der Waals surface area contributed by atoms with Crippen LogP contribution < -0.4 is 5.32 Å². The highest BCUT2D eigenvalue weighted by molar-refractivity contribution is 5.76. The maximum atomic E-state index is 12.1. The molecule has 0 spiro atoms. The summed E-state index contributed by atoms with van der Waals surface area (Å²) in [7, 11) is 0. The van der Waals surface area contributed by atoms with Gasteiger partial charge in [-0.3, -0.25) is 4.79 Å². The van der Waals surface area contributed by atoms with E-state index in [1.165, 1.54) is 38.5 Å². The Bertz CT molecular complexity index is 622. The van der Waals surface area contributed by atoms with Crippen molar-refractivity contribution >= 4 is 5.91 Å². The van der Waals surface area contributed by atoms with Crippen LogP contribution in [0.2, 0.25) is 0 Å². The number of rotatable bonds is 18. The lowest BCUT2D eigenvalue weighted by atomic mass is 10.1. The fourth-order valence-electron chi connectivity index (χ4n) is 3.47. The summed E-state index contributed by atoms with van der Waals surface area (Å²) in [5.41, 5.74) is 0.981. The molecule has 0 saturated carbocycles. The zero-order chi connectivity index (χ0) is 22.6. The molecule has 4 heteroatoms. The third kappa shape index (κ3) is 15.4. The molecule has 0 saturated heterocycles. The first-order valence-electron chi connectivity index (χ1n) is 12.1. The average molecular weight is 430 g/mol. The normalized spacial score (nSPS) is 12.6. The number of carbonyl (C=O) groups is 1. The summed E-state index contributed by atoms with van der Waals surface area (Å²) in [5, 5.41) is 21.8. The van der Waals surface area contributed by atoms with Gasteiger partial charge in [-0.05, 0) is 62.6 Å². The Kier molecular flexibility index (Phi) is 16.2. The summed E-state index contributed by atoms with van der Waals surface area (Å²) < 4.78 is 0. The van der Waals surface area contributed by atoms with Crippen molar-refractivity contribution in [1.82, 2.24) is 5.32 Å². The number of aromatic hydroxyl groups is 1. The highest BCUT2D eigenvalue weighted by atomic mass is 16.3. The van der Waals surface area contributed by atoms with E-state index in [1.807, 2.05) is 12.1 Å². The zero-order valence-electron chi connectivity index (χ0n) is 19.4. The highest BCUT2D eigenvalue weighted by Gasteiger charge is 2.12. The van der Waals surface area contributed by atoms with Gasteiger partial charge in [0, 0.05) is 6.42 Å². The number of carbonyl (C=O) groups excluding carboxylic acids is 1. The van der Waals surface area contributed by atoms with E-state index in [0.717, 1.165) is 37.7 Å². The number of amides is 1. The first-order chi connectivity index (χ1) is 15.2. The molecule has 0 aromatic heterocycles. The molecule has 1 aromatic carbocycles. The molecular weight excluding hydrogens is 386 g/mol. The Morgan fingerprint density at radius 2 is 1.52 bits per heavy atom. The van der Waals surface area contributed by atoms with E-state index >= 15 is 0 Å². The average Bonchev–Trinajstić information content (AvgIpc) is 2.77. The number of unbranched alkanes of at least 4 members (excludes halogenated alkanes) is 8. The molecule has 3 N–H and O–H groups in total. The molecule has 0 aliphatic heterocycles. The second kappa shape index (κ2) is 18.7. The van der Waals surface area contributed by atoms with Gasteiger partial charge >= 0.3 is 0 Å². The number of hydrogen-bond donors (Lipinski definition) is 3. The third-order valence-electron chi connectivity index (χ3n) is 5.36. The Morgan fingerprint density at radius 3 is 2.16 bits per heavy atom. The summed E-state index contributed by atoms with van der Waals surface area (Å²) >= 11 is 0. The lowest BCUT2D eigenvalue weighted by Gasteiger charge is -2.16. The van der Waals surface area contributed by atoms with Crippen molar-refractivity contribution < 1.29 is 15.0 Å². The van der Waals surface area contributed by atoms with Crippen molar-refractivity contribution in [3.05, 3.63) is 54.1 Å². The van der Waals surface area contributed by atoms with Crippen molar-refractivity contribution in [2.24, 2.45) is 0 Å². The molecule has 0 aliphatic rings. The standard InChI is InChI=1S/C27H43NO3/c1-2-3-4-5-6-7-8-9-10-11-12-13-14-15-16-17-27(31)28-25(23-29)22-24-18-20-26(30)21-19-24/h6-7,9-10,18-21,25,29-30H,2-5,8,11-17,22-23H2,1H3,(H,28,31)/b7-6-,10-9-/t25-/m0/s1. The van der Waals surface area contributed by atoms with Gasteiger partial charge in [-0.25, -0.2) is 0 Å². The Labute approximate surface area is 189 Å². The number of phenolic OH excluding ortho intramolecular Hbond substituents is 1. The van der Waals surface area contributed by atoms with E-state index in [9.17, 15) is 15.0 Å². The van der Waals surface area contributed by atoms with Crippen molar-refractivity contribution in [3.63, 3.8) is 0 Å². The molecule has 0 aliphatic carbocycles. The number of aliphatic hydroxyl groups excluding tert-OH is 1. The van der Waals surface area contributed by atoms with Crippen molar-refractivity contribution in [3.8, 4) is 5.75 Å². The van der Waals surface area contributed by atoms with Crippen LogP contribution in [0.3, 0.4) is 0 Å². The van der Waals surface area contributed by atoms with E-state index in [2.05, 4.69) is 36.5 Å². The van der Waals surface area contributed by atoms with Crippen LogP contribution in [-0.2, 0) is 11.2 Å². The fraction of sp³-hybridized carbons (Fsp3) is 0.593. The molecule has 1 aromatic rings. The van der Waals surface area contributed by atoms with Gasteiger partial charge in [-0.1, -0.05) is 75.5 Å². The molecule has 0 heterocycles. The van der Waals surface area contributed by atoms with Crippen molar-refractivity contribution in [2.45, 2.75) is 96.4 Å². The van der Waals surface area contributed by atoms with Gasteiger partial charge < -0.3 is 15.5 Å². The van der Waals surface area contributed by atoms with Crippen LogP contribution in [-0.4, -0.2) is 28.8 Å². The quantitative estimate of drug-likeness (QED) is 0.191. The minimum Gasteiger partial charge on any atom is -0.508 e. The van der Waals surface area contributed by atoms with Crippen LogP contribution in [0.25, 0.3) is 0 Å². The summed E-state index contributed by atoms with van der Waals surface area (Å²) in [6.45, 7) is 2.15. The minimum absolute atomic E-state index is 0.00325. The van der Waals surface area contributed by atoms with Gasteiger partial charge in [0.25, 0.3) is 0 Å². The van der Waals surface area contributed by atoms with Crippen LogP contribution in [0.1, 0.15) is 89.5 Å². The van der Waals surface area contributed by atoms with Gasteiger partial charge in [-0.2, -0.15) is 0 Å². The Balaban J connectivity index is 2.00. The molecule has 4 nitrogen and oxygen atoms in total. The van der Waals surface area contributed by atoms with Crippen molar-refractivity contribution in [1.29, 1.82) is 0 Å². The highest BCUT2D eigenvalue weighted by Crippen LogP contribution is 2.12. The van der Waals surface area contributed by atoms with Gasteiger partial charge in [0.2, 0.25) is 5.91 Å². The number of benzene rings is 1. The van der Waals surface area contributed by atoms with E-state index < -0.39 is 0 Å². The lowest BCUT2D eigenvalue weighted by molar-refractivity contribution is -0.122. The number of allylic oxidation sites excluding steroid dienone is 4. The smallest absolute Gasteiger partial charge is 0.220 e. The van der Waals surface area contributed by atoms with Gasteiger partial charge in [-0.15, -0.1) is 0 Å². The summed E-state index contributed by atoms with van der Waals surface area (Å²) in [4.78, 5) is 12.1. The molecule has 1 rings (SSSR count). The van der Waals surface area contributed by atoms with E-state index in [-0.39, 0.29) is 24.3 Å². The van der Waals surface area contributed by atoms with E-state index in [4.69, 9.17) is 0 Å². The van der Waals surface area contributed by atoms with Crippen LogP contribution in [0.4, 0.5) is 0 Å². The van der Waals surface area contributed by atoms with E-state index in [0.29, 0.717) is 12.8 Å². The van der Waals surface area contributed by atoms with Crippen molar-refractivity contribution in [2.75, 3.05) is 6.61 Å². The molecular formula is C27H43NO3. The summed E-state index contributed by atoms with van der Waals surface area (Å²) in [5.74, 6) is 0.221. The molecule has 1 amide bonds. The number of hydrogen-bond acceptors (Lipinski definition) is 3. The summed E-state index contributed by atoms with van der Waals surface area (Å²) in [6.07, 6.45) is 23.0. The maximum absolute atomic E-state index is 12.1. The second-order valence-corrected chi connectivity index (χ2v) is 8.30. The van der Waals surface area contributed by atoms with Crippen LogP contribution in [0.15, 0.2) is 48.6 Å². The molecule has 0 bridgehead atoms. The van der Waals surface area contributed by atoms with Gasteiger partial charge in [0.1, 0.15) is 5.75 Å². The Hall–Kier alpha value is -2.07. The van der Waals surface area contributed by atoms with Crippen LogP contribution in [0, 0.1) is 0 Å². The van der Waals surface area contributed by atoms with E-state index in [1.54, 1.807) is 12.1 Å². The molecule has 174 valence electrons. The zero-order valence-corrected chi connectivity index (χ0v) is 19.4. The molecule has 31 heavy (non-hydrogen) atoms. The third-order valence-corrected chi connectivity index (χ3v) is 5.36. The number of phenols is 1. The predicted octanol–water partition coefficient (Wildman–Crippen LogP) is 6.23. The van der Waals surface area contributed by atoms with Crippen LogP contribution >= 0.6 is 0 Å². The second-order valence-electron chi connectivity index (χ2n) is 8.30. The molecule has 0 fully saturated rings. The molecule has 0 radical (unpaired) electrons. The maximum Gasteiger partial charge on any atom is 0.220 e. The van der Waals surface area contributed by atoms with Crippen LogP contribution in [0.5, 0.6) is 5.75 Å². The van der Waals surface area contributed by atoms with Gasteiger partial charge in [0.15, 0.2) is 0 Å². The minimum atomic E-state index is -0.282. The fourth-order valence-corrected chi connectivity index (χ4v) is 3.47. The number of aliphatic hydroxyl groups is 1. The largest absolute Gasteiger partial charge is 0.508 e. The predicted molar refractivity (Wildman–Crippen MR) is 130 cm³/mol. The number of nitrogens with one attached hydrogen (secondary N) is 1. The molecule has 1 atom stereocenters. The lowest BCUT2D eigenvalue weighted by Crippen LogP contribution is -2.38. The monoisotopic (exact) mass is 429 g/mol. The topological polar surface area (TPSA) is 69.6 Å². The first-order valence-corrected chi connectivity index (χ1v) is 12.1.